The van der Waals surface area contributed by atoms with Gasteiger partial charge in [-0.05, 0) is 68.6 Å². The van der Waals surface area contributed by atoms with E-state index in [1.807, 2.05) is 6.08 Å². The summed E-state index contributed by atoms with van der Waals surface area (Å²) in [5.74, 6) is 0.480. The first kappa shape index (κ1) is 14.3. The minimum Gasteiger partial charge on any atom is -0.0984 e. The number of aryl methyl sites for hydroxylation is 1. The molecule has 0 nitrogen and oxygen atoms in total. The zero-order valence-corrected chi connectivity index (χ0v) is 14.1. The Kier molecular flexibility index (Phi) is 3.16. The van der Waals surface area contributed by atoms with E-state index in [0.717, 1.165) is 6.42 Å². The van der Waals surface area contributed by atoms with E-state index in [9.17, 15) is 0 Å². The Hall–Kier alpha value is -2.34. The van der Waals surface area contributed by atoms with Crippen molar-refractivity contribution in [1.29, 1.82) is 0 Å². The lowest BCUT2D eigenvalue weighted by Crippen LogP contribution is -2.03. The molecule has 0 heteroatoms. The SMILES string of the molecule is C=Cc1ccc(C)c2c1c(C(C)C)c1c3c(cccc32)CC=C1. The summed E-state index contributed by atoms with van der Waals surface area (Å²) in [7, 11) is 0. The second-order valence-electron chi connectivity index (χ2n) is 6.85. The Morgan fingerprint density at radius 1 is 1.04 bits per heavy atom. The van der Waals surface area contributed by atoms with E-state index in [0.29, 0.717) is 5.92 Å². The maximum Gasteiger partial charge on any atom is -0.00618 e. The van der Waals surface area contributed by atoms with Gasteiger partial charge >= 0.3 is 0 Å². The van der Waals surface area contributed by atoms with Gasteiger partial charge in [0.15, 0.2) is 0 Å². The maximum absolute atomic E-state index is 4.06. The highest BCUT2D eigenvalue weighted by atomic mass is 14.2. The molecule has 114 valence electrons. The molecule has 0 spiro atoms. The summed E-state index contributed by atoms with van der Waals surface area (Å²) in [6.07, 6.45) is 7.67. The highest BCUT2D eigenvalue weighted by Crippen LogP contribution is 2.43. The molecule has 0 atom stereocenters. The van der Waals surface area contributed by atoms with Gasteiger partial charge in [0.2, 0.25) is 0 Å². The molecule has 1 aliphatic carbocycles. The number of benzene rings is 3. The minimum absolute atomic E-state index is 0.480. The molecule has 3 aromatic carbocycles. The van der Waals surface area contributed by atoms with Crippen LogP contribution in [0.3, 0.4) is 0 Å². The minimum atomic E-state index is 0.480. The van der Waals surface area contributed by atoms with Crippen LogP contribution in [0, 0.1) is 6.92 Å². The lowest BCUT2D eigenvalue weighted by molar-refractivity contribution is 0.874. The van der Waals surface area contributed by atoms with E-state index in [-0.39, 0.29) is 0 Å². The van der Waals surface area contributed by atoms with Crippen molar-refractivity contribution >= 4 is 33.7 Å². The van der Waals surface area contributed by atoms with E-state index in [1.54, 1.807) is 0 Å². The van der Waals surface area contributed by atoms with Gasteiger partial charge in [0.05, 0.1) is 0 Å². The molecule has 0 saturated heterocycles. The third-order valence-corrected chi connectivity index (χ3v) is 5.11. The molecule has 0 bridgehead atoms. The zero-order chi connectivity index (χ0) is 16.1. The normalized spacial score (nSPS) is 13.2. The number of fused-ring (bicyclic) bond motifs is 2. The van der Waals surface area contributed by atoms with Crippen molar-refractivity contribution in [3.63, 3.8) is 0 Å². The van der Waals surface area contributed by atoms with E-state index in [4.69, 9.17) is 0 Å². The van der Waals surface area contributed by atoms with Gasteiger partial charge in [0.1, 0.15) is 0 Å². The smallest absolute Gasteiger partial charge is 0.00618 e. The first-order valence-electron chi connectivity index (χ1n) is 8.43. The van der Waals surface area contributed by atoms with Gasteiger partial charge in [-0.1, -0.05) is 69.0 Å². The van der Waals surface area contributed by atoms with Gasteiger partial charge in [0.25, 0.3) is 0 Å². The topological polar surface area (TPSA) is 0 Å². The van der Waals surface area contributed by atoms with E-state index < -0.39 is 0 Å². The highest BCUT2D eigenvalue weighted by Gasteiger charge is 2.21. The fraction of sp³-hybridized carbons (Fsp3) is 0.217. The molecule has 0 N–H and O–H groups in total. The monoisotopic (exact) mass is 298 g/mol. The van der Waals surface area contributed by atoms with Crippen molar-refractivity contribution in [2.24, 2.45) is 0 Å². The molecule has 4 rings (SSSR count). The first-order valence-corrected chi connectivity index (χ1v) is 8.43. The van der Waals surface area contributed by atoms with E-state index in [2.05, 4.69) is 69.8 Å². The van der Waals surface area contributed by atoms with E-state index >= 15 is 0 Å². The average Bonchev–Trinajstić information content (AvgIpc) is 2.55. The van der Waals surface area contributed by atoms with Crippen molar-refractivity contribution in [2.45, 2.75) is 33.1 Å². The summed E-state index contributed by atoms with van der Waals surface area (Å²) < 4.78 is 0. The Morgan fingerprint density at radius 3 is 2.61 bits per heavy atom. The molecular formula is C23H22. The molecule has 0 radical (unpaired) electrons. The van der Waals surface area contributed by atoms with Crippen LogP contribution in [-0.4, -0.2) is 0 Å². The molecule has 3 aromatic rings. The second-order valence-corrected chi connectivity index (χ2v) is 6.85. The van der Waals surface area contributed by atoms with Crippen LogP contribution in [0.15, 0.2) is 43.0 Å². The van der Waals surface area contributed by atoms with Crippen LogP contribution in [0.5, 0.6) is 0 Å². The van der Waals surface area contributed by atoms with Crippen molar-refractivity contribution in [2.75, 3.05) is 0 Å². The average molecular weight is 298 g/mol. The summed E-state index contributed by atoms with van der Waals surface area (Å²) in [4.78, 5) is 0. The molecule has 1 aliphatic rings. The summed E-state index contributed by atoms with van der Waals surface area (Å²) >= 11 is 0. The quantitative estimate of drug-likeness (QED) is 0.465. The Bertz CT molecular complexity index is 984. The second kappa shape index (κ2) is 5.09. The summed E-state index contributed by atoms with van der Waals surface area (Å²) in [6, 6.07) is 11.2. The third-order valence-electron chi connectivity index (χ3n) is 5.11. The Labute approximate surface area is 138 Å². The number of hydrogen-bond donors (Lipinski definition) is 0. The molecule has 0 saturated carbocycles. The van der Waals surface area contributed by atoms with Crippen LogP contribution in [0.4, 0.5) is 0 Å². The maximum atomic E-state index is 4.06. The van der Waals surface area contributed by atoms with Gasteiger partial charge < -0.3 is 0 Å². The van der Waals surface area contributed by atoms with Crippen LogP contribution < -0.4 is 0 Å². The summed E-state index contributed by atoms with van der Waals surface area (Å²) in [6.45, 7) is 10.9. The van der Waals surface area contributed by atoms with Crippen LogP contribution >= 0.6 is 0 Å². The molecule has 0 aliphatic heterocycles. The van der Waals surface area contributed by atoms with Gasteiger partial charge in [0, 0.05) is 0 Å². The number of rotatable bonds is 2. The van der Waals surface area contributed by atoms with Gasteiger partial charge in [-0.2, -0.15) is 0 Å². The fourth-order valence-corrected chi connectivity index (χ4v) is 4.17. The predicted molar refractivity (Wildman–Crippen MR) is 103 cm³/mol. The lowest BCUT2D eigenvalue weighted by Gasteiger charge is -2.24. The summed E-state index contributed by atoms with van der Waals surface area (Å²) in [5, 5.41) is 5.64. The molecule has 0 amide bonds. The third kappa shape index (κ3) is 1.91. The Morgan fingerprint density at radius 2 is 1.87 bits per heavy atom. The standard InChI is InChI=1S/C23H22/c1-5-16-13-12-15(4)21-19-11-7-9-17-8-6-10-18(22(17)19)20(14(2)3)23(16)21/h5-7,9-14H,1,8H2,2-4H3. The van der Waals surface area contributed by atoms with Crippen molar-refractivity contribution < 1.29 is 0 Å². The van der Waals surface area contributed by atoms with Crippen LogP contribution in [0.25, 0.3) is 33.7 Å². The number of allylic oxidation sites excluding steroid dienone is 1. The number of hydrogen-bond acceptors (Lipinski definition) is 0. The lowest BCUT2D eigenvalue weighted by atomic mass is 9.80. The molecule has 0 aromatic heterocycles. The molecular weight excluding hydrogens is 276 g/mol. The Balaban J connectivity index is 2.41. The zero-order valence-electron chi connectivity index (χ0n) is 14.1. The van der Waals surface area contributed by atoms with Crippen LogP contribution in [0.2, 0.25) is 0 Å². The van der Waals surface area contributed by atoms with Crippen molar-refractivity contribution in [1.82, 2.24) is 0 Å². The van der Waals surface area contributed by atoms with Crippen molar-refractivity contribution in [3.8, 4) is 0 Å². The summed E-state index contributed by atoms with van der Waals surface area (Å²) in [5.41, 5.74) is 6.93. The van der Waals surface area contributed by atoms with Crippen LogP contribution in [-0.2, 0) is 6.42 Å². The van der Waals surface area contributed by atoms with E-state index in [1.165, 1.54) is 49.4 Å². The first-order chi connectivity index (χ1) is 11.1. The molecule has 0 fully saturated rings. The van der Waals surface area contributed by atoms with Crippen molar-refractivity contribution in [3.05, 3.63) is 70.8 Å². The predicted octanol–water partition coefficient (Wildman–Crippen LogP) is 6.64. The highest BCUT2D eigenvalue weighted by molar-refractivity contribution is 6.17. The van der Waals surface area contributed by atoms with Crippen LogP contribution in [0.1, 0.15) is 47.6 Å². The van der Waals surface area contributed by atoms with Gasteiger partial charge in [-0.3, -0.25) is 0 Å². The molecule has 0 unspecified atom stereocenters. The van der Waals surface area contributed by atoms with Gasteiger partial charge in [-0.15, -0.1) is 0 Å². The van der Waals surface area contributed by atoms with Gasteiger partial charge in [-0.25, -0.2) is 0 Å². The molecule has 0 heterocycles. The largest absolute Gasteiger partial charge is 0.0984 e. The fourth-order valence-electron chi connectivity index (χ4n) is 4.17. The molecule has 23 heavy (non-hydrogen) atoms.